The van der Waals surface area contributed by atoms with E-state index in [4.69, 9.17) is 4.74 Å². The minimum absolute atomic E-state index is 0.797. The molecule has 2 aromatic rings. The molecule has 1 heterocycles. The normalized spacial score (nSPS) is 10.9. The van der Waals surface area contributed by atoms with Crippen LogP contribution in [-0.2, 0) is 6.42 Å². The number of nitrogens with zero attached hydrogens (tertiary/aromatic N) is 1. The Bertz CT molecular complexity index is 567. The van der Waals surface area contributed by atoms with Crippen LogP contribution in [0.15, 0.2) is 18.2 Å². The number of aromatic amines is 1. The van der Waals surface area contributed by atoms with Gasteiger partial charge in [-0.05, 0) is 82.2 Å². The molecule has 3 heteroatoms. The van der Waals surface area contributed by atoms with Crippen LogP contribution in [0.4, 0.5) is 0 Å². The van der Waals surface area contributed by atoms with Crippen LogP contribution in [-0.4, -0.2) is 16.8 Å². The zero-order valence-corrected chi connectivity index (χ0v) is 13.6. The van der Waals surface area contributed by atoms with E-state index in [0.29, 0.717) is 0 Å². The monoisotopic (exact) mass is 286 g/mol. The van der Waals surface area contributed by atoms with Crippen molar-refractivity contribution in [3.05, 3.63) is 46.3 Å². The van der Waals surface area contributed by atoms with Gasteiger partial charge in [-0.1, -0.05) is 6.07 Å². The fourth-order valence-electron chi connectivity index (χ4n) is 2.52. The fourth-order valence-corrected chi connectivity index (χ4v) is 2.52. The van der Waals surface area contributed by atoms with Crippen molar-refractivity contribution >= 4 is 0 Å². The predicted octanol–water partition coefficient (Wildman–Crippen LogP) is 4.44. The third-order valence-corrected chi connectivity index (χ3v) is 4.10. The number of benzene rings is 1. The van der Waals surface area contributed by atoms with Gasteiger partial charge in [0.15, 0.2) is 0 Å². The highest BCUT2D eigenvalue weighted by Crippen LogP contribution is 2.17. The van der Waals surface area contributed by atoms with Crippen LogP contribution in [0.3, 0.4) is 0 Å². The summed E-state index contributed by atoms with van der Waals surface area (Å²) in [6, 6.07) is 6.29. The summed E-state index contributed by atoms with van der Waals surface area (Å²) in [5.74, 6) is 0.986. The smallest absolute Gasteiger partial charge is 0.119 e. The van der Waals surface area contributed by atoms with E-state index in [0.717, 1.165) is 30.9 Å². The van der Waals surface area contributed by atoms with Crippen LogP contribution in [0.5, 0.6) is 5.75 Å². The van der Waals surface area contributed by atoms with Gasteiger partial charge in [-0.15, -0.1) is 0 Å². The van der Waals surface area contributed by atoms with Crippen LogP contribution in [0.2, 0.25) is 0 Å². The highest BCUT2D eigenvalue weighted by Gasteiger charge is 2.05. The van der Waals surface area contributed by atoms with E-state index in [1.54, 1.807) is 0 Å². The molecule has 0 saturated carbocycles. The van der Waals surface area contributed by atoms with Gasteiger partial charge in [-0.3, -0.25) is 5.10 Å². The van der Waals surface area contributed by atoms with E-state index in [2.05, 4.69) is 56.1 Å². The van der Waals surface area contributed by atoms with Crippen molar-refractivity contribution in [3.63, 3.8) is 0 Å². The second-order valence-electron chi connectivity index (χ2n) is 5.82. The number of aryl methyl sites for hydroxylation is 4. The molecule has 0 radical (unpaired) electrons. The van der Waals surface area contributed by atoms with E-state index in [1.807, 2.05) is 0 Å². The van der Waals surface area contributed by atoms with Crippen molar-refractivity contribution in [2.24, 2.45) is 0 Å². The van der Waals surface area contributed by atoms with E-state index in [9.17, 15) is 0 Å². The van der Waals surface area contributed by atoms with E-state index in [-0.39, 0.29) is 0 Å². The molecule has 21 heavy (non-hydrogen) atoms. The third-order valence-electron chi connectivity index (χ3n) is 4.10. The van der Waals surface area contributed by atoms with Crippen molar-refractivity contribution in [1.29, 1.82) is 0 Å². The van der Waals surface area contributed by atoms with E-state index in [1.165, 1.54) is 35.2 Å². The van der Waals surface area contributed by atoms with Crippen LogP contribution in [0, 0.1) is 27.7 Å². The number of unbranched alkanes of at least 4 members (excludes halogenated alkanes) is 2. The van der Waals surface area contributed by atoms with Crippen LogP contribution in [0.1, 0.15) is 47.3 Å². The first-order valence-corrected chi connectivity index (χ1v) is 7.78. The molecule has 0 fully saturated rings. The van der Waals surface area contributed by atoms with Crippen LogP contribution < -0.4 is 4.74 Å². The highest BCUT2D eigenvalue weighted by molar-refractivity contribution is 5.33. The number of H-pyrrole nitrogens is 1. The zero-order chi connectivity index (χ0) is 15.2. The molecule has 0 spiro atoms. The second kappa shape index (κ2) is 7.30. The molecule has 0 bridgehead atoms. The standard InChI is InChI=1S/C18H26N2O/c1-13-9-10-17(12-14(13)2)21-11-7-5-6-8-18-15(3)19-20-16(18)4/h9-10,12H,5-8,11H2,1-4H3,(H,19,20). The van der Waals surface area contributed by atoms with Crippen molar-refractivity contribution in [2.75, 3.05) is 6.61 Å². The molecule has 0 aliphatic heterocycles. The Morgan fingerprint density at radius 2 is 1.81 bits per heavy atom. The Hall–Kier alpha value is -1.77. The third kappa shape index (κ3) is 4.35. The Balaban J connectivity index is 1.65. The first-order valence-electron chi connectivity index (χ1n) is 7.78. The van der Waals surface area contributed by atoms with Crippen molar-refractivity contribution in [2.45, 2.75) is 53.4 Å². The van der Waals surface area contributed by atoms with Crippen molar-refractivity contribution in [1.82, 2.24) is 10.2 Å². The molecule has 1 aromatic heterocycles. The summed E-state index contributed by atoms with van der Waals surface area (Å²) < 4.78 is 5.81. The fraction of sp³-hybridized carbons (Fsp3) is 0.500. The average molecular weight is 286 g/mol. The molecule has 0 aliphatic rings. The molecule has 1 N–H and O–H groups in total. The summed E-state index contributed by atoms with van der Waals surface area (Å²) in [4.78, 5) is 0. The molecule has 0 saturated heterocycles. The lowest BCUT2D eigenvalue weighted by Gasteiger charge is -2.08. The quantitative estimate of drug-likeness (QED) is 0.764. The van der Waals surface area contributed by atoms with Crippen LogP contribution in [0.25, 0.3) is 0 Å². The number of hydrogen-bond donors (Lipinski definition) is 1. The SMILES string of the molecule is Cc1ccc(OCCCCCc2c(C)n[nH]c2C)cc1C. The minimum Gasteiger partial charge on any atom is -0.494 e. The van der Waals surface area contributed by atoms with Gasteiger partial charge in [0.1, 0.15) is 5.75 Å². The summed E-state index contributed by atoms with van der Waals surface area (Å²) in [6.07, 6.45) is 4.59. The van der Waals surface area contributed by atoms with Gasteiger partial charge in [0, 0.05) is 5.69 Å². The molecular formula is C18H26N2O. The zero-order valence-electron chi connectivity index (χ0n) is 13.6. The van der Waals surface area contributed by atoms with Gasteiger partial charge in [-0.2, -0.15) is 5.10 Å². The molecule has 114 valence electrons. The summed E-state index contributed by atoms with van der Waals surface area (Å²) >= 11 is 0. The summed E-state index contributed by atoms with van der Waals surface area (Å²) in [6.45, 7) is 9.21. The molecular weight excluding hydrogens is 260 g/mol. The lowest BCUT2D eigenvalue weighted by molar-refractivity contribution is 0.305. The Kier molecular flexibility index (Phi) is 5.43. The van der Waals surface area contributed by atoms with Gasteiger partial charge >= 0.3 is 0 Å². The molecule has 1 aromatic carbocycles. The topological polar surface area (TPSA) is 37.9 Å². The molecule has 0 amide bonds. The van der Waals surface area contributed by atoms with Crippen LogP contribution >= 0.6 is 0 Å². The van der Waals surface area contributed by atoms with Crippen molar-refractivity contribution < 1.29 is 4.74 Å². The molecule has 0 aliphatic carbocycles. The van der Waals surface area contributed by atoms with Gasteiger partial charge in [0.05, 0.1) is 12.3 Å². The van der Waals surface area contributed by atoms with E-state index < -0.39 is 0 Å². The lowest BCUT2D eigenvalue weighted by Crippen LogP contribution is -1.98. The second-order valence-corrected chi connectivity index (χ2v) is 5.82. The number of rotatable bonds is 7. The maximum Gasteiger partial charge on any atom is 0.119 e. The number of hydrogen-bond acceptors (Lipinski definition) is 2. The lowest BCUT2D eigenvalue weighted by atomic mass is 10.1. The minimum atomic E-state index is 0.797. The summed E-state index contributed by atoms with van der Waals surface area (Å²) in [5.41, 5.74) is 6.33. The summed E-state index contributed by atoms with van der Waals surface area (Å²) in [5, 5.41) is 7.28. The average Bonchev–Trinajstić information content (AvgIpc) is 2.77. The molecule has 3 nitrogen and oxygen atoms in total. The summed E-state index contributed by atoms with van der Waals surface area (Å²) in [7, 11) is 0. The van der Waals surface area contributed by atoms with E-state index >= 15 is 0 Å². The molecule has 0 unspecified atom stereocenters. The first-order chi connectivity index (χ1) is 10.1. The largest absolute Gasteiger partial charge is 0.494 e. The van der Waals surface area contributed by atoms with Gasteiger partial charge in [0.2, 0.25) is 0 Å². The Morgan fingerprint density at radius 1 is 1.00 bits per heavy atom. The number of nitrogens with one attached hydrogen (secondary N) is 1. The number of ether oxygens (including phenoxy) is 1. The molecule has 0 atom stereocenters. The van der Waals surface area contributed by atoms with Crippen molar-refractivity contribution in [3.8, 4) is 5.75 Å². The maximum absolute atomic E-state index is 5.81. The Morgan fingerprint density at radius 3 is 2.48 bits per heavy atom. The molecule has 2 rings (SSSR count). The van der Waals surface area contributed by atoms with Gasteiger partial charge < -0.3 is 4.74 Å². The van der Waals surface area contributed by atoms with Gasteiger partial charge in [-0.25, -0.2) is 0 Å². The maximum atomic E-state index is 5.81. The first kappa shape index (κ1) is 15.6. The Labute approximate surface area is 127 Å². The predicted molar refractivity (Wildman–Crippen MR) is 87.0 cm³/mol. The van der Waals surface area contributed by atoms with Gasteiger partial charge in [0.25, 0.3) is 0 Å². The highest BCUT2D eigenvalue weighted by atomic mass is 16.5. The number of aromatic nitrogens is 2.